The molecule has 4 heteroatoms. The Morgan fingerprint density at radius 3 is 2.44 bits per heavy atom. The lowest BCUT2D eigenvalue weighted by Gasteiger charge is -2.05. The minimum Gasteiger partial charge on any atom is -0.463 e. The molecule has 0 bridgehead atoms. The van der Waals surface area contributed by atoms with Gasteiger partial charge in [0.05, 0.1) is 6.61 Å². The number of ether oxygens (including phenoxy) is 1. The summed E-state index contributed by atoms with van der Waals surface area (Å²) >= 11 is 0. The third kappa shape index (κ3) is 5.34. The number of amides is 1. The molecule has 0 N–H and O–H groups in total. The Kier molecular flexibility index (Phi) is 6.92. The molecule has 0 atom stereocenters. The van der Waals surface area contributed by atoms with Crippen LogP contribution in [0, 0.1) is 0 Å². The molecular formula is C12H19NO3. The fourth-order valence-electron chi connectivity index (χ4n) is 1.12. The quantitative estimate of drug-likeness (QED) is 0.544. The number of carbonyl (C=O) groups excluding carboxylic acids is 2. The first-order chi connectivity index (χ1) is 7.52. The lowest BCUT2D eigenvalue weighted by atomic mass is 10.4. The topological polar surface area (TPSA) is 46.6 Å². The maximum Gasteiger partial charge on any atom is 0.333 e. The molecule has 16 heavy (non-hydrogen) atoms. The van der Waals surface area contributed by atoms with Crippen LogP contribution in [0.3, 0.4) is 0 Å². The highest BCUT2D eigenvalue weighted by Gasteiger charge is 2.15. The highest BCUT2D eigenvalue weighted by Crippen LogP contribution is 2.08. The van der Waals surface area contributed by atoms with Gasteiger partial charge in [-0.3, -0.25) is 4.79 Å². The van der Waals surface area contributed by atoms with Crippen molar-refractivity contribution in [3.63, 3.8) is 0 Å². The number of hydrogen-bond acceptors (Lipinski definition) is 3. The van der Waals surface area contributed by atoms with Crippen molar-refractivity contribution in [3.05, 3.63) is 24.9 Å². The molecule has 1 heterocycles. The SMILES string of the molecule is C=C(C)C(=O)OCC.C=CN1CCCC1=O. The van der Waals surface area contributed by atoms with Crippen LogP contribution in [-0.2, 0) is 14.3 Å². The Labute approximate surface area is 96.6 Å². The van der Waals surface area contributed by atoms with E-state index in [0.717, 1.165) is 13.0 Å². The van der Waals surface area contributed by atoms with E-state index >= 15 is 0 Å². The summed E-state index contributed by atoms with van der Waals surface area (Å²) in [5.74, 6) is -0.104. The number of esters is 1. The molecular weight excluding hydrogens is 206 g/mol. The van der Waals surface area contributed by atoms with Gasteiger partial charge in [-0.25, -0.2) is 4.79 Å². The van der Waals surface area contributed by atoms with Crippen molar-refractivity contribution in [2.75, 3.05) is 13.2 Å². The predicted molar refractivity (Wildman–Crippen MR) is 62.6 cm³/mol. The van der Waals surface area contributed by atoms with Crippen LogP contribution in [-0.4, -0.2) is 29.9 Å². The molecule has 0 saturated carbocycles. The second-order valence-corrected chi connectivity index (χ2v) is 3.37. The normalized spacial score (nSPS) is 13.9. The van der Waals surface area contributed by atoms with E-state index in [1.165, 1.54) is 0 Å². The van der Waals surface area contributed by atoms with Crippen LogP contribution in [0.5, 0.6) is 0 Å². The first-order valence-electron chi connectivity index (χ1n) is 5.27. The number of carbonyl (C=O) groups is 2. The zero-order chi connectivity index (χ0) is 12.6. The van der Waals surface area contributed by atoms with Crippen LogP contribution in [0.15, 0.2) is 24.9 Å². The summed E-state index contributed by atoms with van der Waals surface area (Å²) < 4.78 is 4.56. The van der Waals surface area contributed by atoms with Crippen LogP contribution < -0.4 is 0 Å². The average Bonchev–Trinajstić information content (AvgIpc) is 2.65. The van der Waals surface area contributed by atoms with E-state index in [-0.39, 0.29) is 11.9 Å². The third-order valence-electron chi connectivity index (χ3n) is 1.95. The molecule has 1 aliphatic heterocycles. The summed E-state index contributed by atoms with van der Waals surface area (Å²) in [5, 5.41) is 0. The fraction of sp³-hybridized carbons (Fsp3) is 0.500. The maximum atomic E-state index is 10.7. The van der Waals surface area contributed by atoms with Gasteiger partial charge in [-0.1, -0.05) is 13.2 Å². The van der Waals surface area contributed by atoms with E-state index < -0.39 is 0 Å². The summed E-state index contributed by atoms with van der Waals surface area (Å²) in [6.07, 6.45) is 3.28. The number of likely N-dealkylation sites (tertiary alicyclic amines) is 1. The third-order valence-corrected chi connectivity index (χ3v) is 1.95. The predicted octanol–water partition coefficient (Wildman–Crippen LogP) is 1.88. The fourth-order valence-corrected chi connectivity index (χ4v) is 1.12. The van der Waals surface area contributed by atoms with Gasteiger partial charge in [0.15, 0.2) is 0 Å². The summed E-state index contributed by atoms with van der Waals surface area (Å²) in [4.78, 5) is 22.7. The standard InChI is InChI=1S/C6H9NO.C6H10O2/c1-2-7-5-3-4-6(7)8;1-4-8-6(7)5(2)3/h2H,1,3-5H2;2,4H2,1,3H3. The van der Waals surface area contributed by atoms with Crippen LogP contribution in [0.1, 0.15) is 26.7 Å². The molecule has 1 amide bonds. The summed E-state index contributed by atoms with van der Waals surface area (Å²) in [7, 11) is 0. The van der Waals surface area contributed by atoms with Crippen LogP contribution in [0.2, 0.25) is 0 Å². The van der Waals surface area contributed by atoms with Crippen molar-refractivity contribution >= 4 is 11.9 Å². The molecule has 0 aromatic rings. The number of hydrogen-bond donors (Lipinski definition) is 0. The second-order valence-electron chi connectivity index (χ2n) is 3.37. The second kappa shape index (κ2) is 7.68. The van der Waals surface area contributed by atoms with Gasteiger partial charge < -0.3 is 9.64 Å². The Morgan fingerprint density at radius 2 is 2.25 bits per heavy atom. The first-order valence-corrected chi connectivity index (χ1v) is 5.27. The molecule has 1 saturated heterocycles. The molecule has 90 valence electrons. The van der Waals surface area contributed by atoms with Crippen molar-refractivity contribution in [3.8, 4) is 0 Å². The number of nitrogens with zero attached hydrogens (tertiary/aromatic N) is 1. The molecule has 0 spiro atoms. The Bertz CT molecular complexity index is 284. The van der Waals surface area contributed by atoms with E-state index in [1.54, 1.807) is 24.9 Å². The monoisotopic (exact) mass is 225 g/mol. The van der Waals surface area contributed by atoms with Crippen LogP contribution in [0.4, 0.5) is 0 Å². The highest BCUT2D eigenvalue weighted by molar-refractivity contribution is 5.86. The van der Waals surface area contributed by atoms with Crippen molar-refractivity contribution in [2.45, 2.75) is 26.7 Å². The van der Waals surface area contributed by atoms with E-state index in [1.807, 2.05) is 0 Å². The van der Waals surface area contributed by atoms with Gasteiger partial charge in [0.25, 0.3) is 0 Å². The van der Waals surface area contributed by atoms with Gasteiger partial charge in [-0.05, 0) is 26.5 Å². The molecule has 1 rings (SSSR count). The largest absolute Gasteiger partial charge is 0.463 e. The van der Waals surface area contributed by atoms with Gasteiger partial charge in [-0.15, -0.1) is 0 Å². The smallest absolute Gasteiger partial charge is 0.333 e. The van der Waals surface area contributed by atoms with Gasteiger partial charge >= 0.3 is 5.97 Å². The van der Waals surface area contributed by atoms with Crippen molar-refractivity contribution in [1.29, 1.82) is 0 Å². The molecule has 0 unspecified atom stereocenters. The number of rotatable bonds is 3. The first kappa shape index (κ1) is 14.4. The van der Waals surface area contributed by atoms with Crippen molar-refractivity contribution < 1.29 is 14.3 Å². The van der Waals surface area contributed by atoms with Crippen molar-refractivity contribution in [1.82, 2.24) is 4.90 Å². The zero-order valence-corrected chi connectivity index (χ0v) is 9.99. The summed E-state index contributed by atoms with van der Waals surface area (Å²) in [6.45, 7) is 11.6. The molecule has 4 nitrogen and oxygen atoms in total. The Hall–Kier alpha value is -1.58. The van der Waals surface area contributed by atoms with Crippen LogP contribution >= 0.6 is 0 Å². The summed E-state index contributed by atoms with van der Waals surface area (Å²) in [5.41, 5.74) is 0.451. The minimum atomic E-state index is -0.312. The molecule has 0 aromatic heterocycles. The molecule has 0 radical (unpaired) electrons. The van der Waals surface area contributed by atoms with Gasteiger partial charge in [0.2, 0.25) is 5.91 Å². The minimum absolute atomic E-state index is 0.208. The van der Waals surface area contributed by atoms with E-state index in [9.17, 15) is 9.59 Å². The van der Waals surface area contributed by atoms with Crippen LogP contribution in [0.25, 0.3) is 0 Å². The van der Waals surface area contributed by atoms with Crippen molar-refractivity contribution in [2.24, 2.45) is 0 Å². The van der Waals surface area contributed by atoms with E-state index in [0.29, 0.717) is 18.6 Å². The Balaban J connectivity index is 0.000000281. The molecule has 0 aromatic carbocycles. The van der Waals surface area contributed by atoms with E-state index in [4.69, 9.17) is 0 Å². The van der Waals surface area contributed by atoms with E-state index in [2.05, 4.69) is 17.9 Å². The van der Waals surface area contributed by atoms with Gasteiger partial charge in [0, 0.05) is 18.5 Å². The van der Waals surface area contributed by atoms with Gasteiger partial charge in [0.1, 0.15) is 0 Å². The van der Waals surface area contributed by atoms with Gasteiger partial charge in [-0.2, -0.15) is 0 Å². The lowest BCUT2D eigenvalue weighted by molar-refractivity contribution is -0.138. The molecule has 1 fully saturated rings. The maximum absolute atomic E-state index is 10.7. The lowest BCUT2D eigenvalue weighted by Crippen LogP contribution is -2.16. The molecule has 1 aliphatic rings. The molecule has 0 aliphatic carbocycles. The Morgan fingerprint density at radius 1 is 1.62 bits per heavy atom. The zero-order valence-electron chi connectivity index (χ0n) is 9.99. The average molecular weight is 225 g/mol. The highest BCUT2D eigenvalue weighted by atomic mass is 16.5. The summed E-state index contributed by atoms with van der Waals surface area (Å²) in [6, 6.07) is 0.